The highest BCUT2D eigenvalue weighted by Crippen LogP contribution is 2.39. The van der Waals surface area contributed by atoms with Gasteiger partial charge in [0.1, 0.15) is 0 Å². The Kier molecular flexibility index (Phi) is 3.20. The second-order valence-corrected chi connectivity index (χ2v) is 7.09. The third kappa shape index (κ3) is 2.15. The number of nitrogens with zero attached hydrogens (tertiary/aromatic N) is 1. The molecule has 0 aromatic carbocycles. The van der Waals surface area contributed by atoms with E-state index in [-0.39, 0.29) is 0 Å². The van der Waals surface area contributed by atoms with E-state index in [2.05, 4.69) is 31.0 Å². The SMILES string of the molecule is CC1CC(C)CC(N2CC3CNCC3C2C)C1. The summed E-state index contributed by atoms with van der Waals surface area (Å²) in [6.07, 6.45) is 4.34. The highest BCUT2D eigenvalue weighted by molar-refractivity contribution is 4.99. The zero-order valence-electron chi connectivity index (χ0n) is 11.7. The molecule has 17 heavy (non-hydrogen) atoms. The third-order valence-corrected chi connectivity index (χ3v) is 5.60. The third-order valence-electron chi connectivity index (χ3n) is 5.60. The monoisotopic (exact) mass is 236 g/mol. The molecule has 0 spiro atoms. The van der Waals surface area contributed by atoms with Crippen LogP contribution in [0, 0.1) is 23.7 Å². The van der Waals surface area contributed by atoms with Gasteiger partial charge in [-0.3, -0.25) is 4.90 Å². The summed E-state index contributed by atoms with van der Waals surface area (Å²) in [7, 11) is 0. The summed E-state index contributed by atoms with van der Waals surface area (Å²) in [6.45, 7) is 11.3. The molecule has 1 aliphatic carbocycles. The zero-order valence-corrected chi connectivity index (χ0v) is 11.7. The lowest BCUT2D eigenvalue weighted by atomic mass is 9.79. The number of rotatable bonds is 1. The van der Waals surface area contributed by atoms with E-state index in [9.17, 15) is 0 Å². The molecule has 2 heterocycles. The molecule has 0 aromatic heterocycles. The molecule has 1 saturated carbocycles. The van der Waals surface area contributed by atoms with Crippen molar-refractivity contribution in [3.05, 3.63) is 0 Å². The molecule has 0 aromatic rings. The molecule has 0 bridgehead atoms. The first-order chi connectivity index (χ1) is 8.15. The van der Waals surface area contributed by atoms with E-state index in [0.717, 1.165) is 35.8 Å². The number of likely N-dealkylation sites (tertiary alicyclic amines) is 1. The van der Waals surface area contributed by atoms with Crippen molar-refractivity contribution in [2.75, 3.05) is 19.6 Å². The van der Waals surface area contributed by atoms with Gasteiger partial charge in [-0.1, -0.05) is 13.8 Å². The summed E-state index contributed by atoms with van der Waals surface area (Å²) < 4.78 is 0. The Morgan fingerprint density at radius 3 is 2.29 bits per heavy atom. The van der Waals surface area contributed by atoms with Gasteiger partial charge < -0.3 is 5.32 Å². The first-order valence-electron chi connectivity index (χ1n) is 7.61. The Hall–Kier alpha value is -0.0800. The Bertz CT molecular complexity index is 268. The second kappa shape index (κ2) is 4.55. The van der Waals surface area contributed by atoms with Crippen LogP contribution < -0.4 is 5.32 Å². The van der Waals surface area contributed by atoms with Crippen LogP contribution in [0.1, 0.15) is 40.0 Å². The van der Waals surface area contributed by atoms with Gasteiger partial charge in [0.05, 0.1) is 0 Å². The molecule has 3 fully saturated rings. The van der Waals surface area contributed by atoms with Crippen LogP contribution in [0.4, 0.5) is 0 Å². The molecule has 2 saturated heterocycles. The van der Waals surface area contributed by atoms with Crippen LogP contribution in [-0.2, 0) is 0 Å². The zero-order chi connectivity index (χ0) is 12.0. The minimum atomic E-state index is 0.817. The Labute approximate surface area is 106 Å². The standard InChI is InChI=1S/C15H28N2/c1-10-4-11(2)6-14(5-10)17-9-13-7-16-8-15(13)12(17)3/h10-16H,4-9H2,1-3H3. The smallest absolute Gasteiger partial charge is 0.0114 e. The number of hydrogen-bond acceptors (Lipinski definition) is 2. The van der Waals surface area contributed by atoms with Crippen LogP contribution >= 0.6 is 0 Å². The van der Waals surface area contributed by atoms with Gasteiger partial charge in [0.15, 0.2) is 0 Å². The molecule has 98 valence electrons. The van der Waals surface area contributed by atoms with Crippen LogP contribution in [0.2, 0.25) is 0 Å². The van der Waals surface area contributed by atoms with E-state index in [1.165, 1.54) is 38.9 Å². The highest BCUT2D eigenvalue weighted by Gasteiger charge is 2.45. The van der Waals surface area contributed by atoms with Gasteiger partial charge in [-0.25, -0.2) is 0 Å². The average Bonchev–Trinajstić information content (AvgIpc) is 2.80. The molecule has 2 nitrogen and oxygen atoms in total. The molecule has 3 rings (SSSR count). The van der Waals surface area contributed by atoms with E-state index in [0.29, 0.717) is 0 Å². The molecule has 5 unspecified atom stereocenters. The molecule has 0 radical (unpaired) electrons. The summed E-state index contributed by atoms with van der Waals surface area (Å²) in [4.78, 5) is 2.86. The van der Waals surface area contributed by atoms with Crippen molar-refractivity contribution in [1.82, 2.24) is 10.2 Å². The molecule has 2 aliphatic heterocycles. The molecule has 2 heteroatoms. The normalized spacial score (nSPS) is 51.7. The molecular formula is C15H28N2. The summed E-state index contributed by atoms with van der Waals surface area (Å²) in [5, 5.41) is 3.57. The van der Waals surface area contributed by atoms with Gasteiger partial charge in [-0.05, 0) is 62.9 Å². The topological polar surface area (TPSA) is 15.3 Å². The minimum absolute atomic E-state index is 0.817. The maximum absolute atomic E-state index is 3.57. The Balaban J connectivity index is 1.68. The molecular weight excluding hydrogens is 208 g/mol. The van der Waals surface area contributed by atoms with E-state index < -0.39 is 0 Å². The highest BCUT2D eigenvalue weighted by atomic mass is 15.2. The molecule has 3 aliphatic rings. The van der Waals surface area contributed by atoms with Crippen molar-refractivity contribution in [3.63, 3.8) is 0 Å². The van der Waals surface area contributed by atoms with Gasteiger partial charge in [0, 0.05) is 18.6 Å². The fraction of sp³-hybridized carbons (Fsp3) is 1.00. The lowest BCUT2D eigenvalue weighted by Gasteiger charge is -2.40. The van der Waals surface area contributed by atoms with Gasteiger partial charge in [-0.2, -0.15) is 0 Å². The molecule has 0 amide bonds. The van der Waals surface area contributed by atoms with Gasteiger partial charge in [0.2, 0.25) is 0 Å². The summed E-state index contributed by atoms with van der Waals surface area (Å²) >= 11 is 0. The van der Waals surface area contributed by atoms with Crippen LogP contribution in [0.3, 0.4) is 0 Å². The van der Waals surface area contributed by atoms with Crippen LogP contribution in [-0.4, -0.2) is 36.6 Å². The lowest BCUT2D eigenvalue weighted by molar-refractivity contribution is 0.0942. The molecule has 5 atom stereocenters. The van der Waals surface area contributed by atoms with Crippen molar-refractivity contribution in [2.24, 2.45) is 23.7 Å². The number of fused-ring (bicyclic) bond motifs is 1. The first kappa shape index (κ1) is 12.0. The van der Waals surface area contributed by atoms with Crippen molar-refractivity contribution < 1.29 is 0 Å². The quantitative estimate of drug-likeness (QED) is 0.752. The van der Waals surface area contributed by atoms with Crippen molar-refractivity contribution in [2.45, 2.75) is 52.1 Å². The Morgan fingerprint density at radius 2 is 1.65 bits per heavy atom. The lowest BCUT2D eigenvalue weighted by Crippen LogP contribution is -2.44. The van der Waals surface area contributed by atoms with Crippen molar-refractivity contribution in [3.8, 4) is 0 Å². The van der Waals surface area contributed by atoms with Crippen molar-refractivity contribution >= 4 is 0 Å². The van der Waals surface area contributed by atoms with E-state index in [4.69, 9.17) is 0 Å². The molecule has 1 N–H and O–H groups in total. The number of nitrogens with one attached hydrogen (secondary N) is 1. The van der Waals surface area contributed by atoms with E-state index in [1.54, 1.807) is 0 Å². The summed E-state index contributed by atoms with van der Waals surface area (Å²) in [5.74, 6) is 3.75. The van der Waals surface area contributed by atoms with E-state index in [1.807, 2.05) is 0 Å². The van der Waals surface area contributed by atoms with Gasteiger partial charge >= 0.3 is 0 Å². The van der Waals surface area contributed by atoms with Crippen LogP contribution in [0.15, 0.2) is 0 Å². The maximum Gasteiger partial charge on any atom is 0.0114 e. The maximum atomic E-state index is 3.57. The Morgan fingerprint density at radius 1 is 0.941 bits per heavy atom. The van der Waals surface area contributed by atoms with Crippen molar-refractivity contribution in [1.29, 1.82) is 0 Å². The second-order valence-electron chi connectivity index (χ2n) is 7.09. The van der Waals surface area contributed by atoms with Gasteiger partial charge in [-0.15, -0.1) is 0 Å². The number of hydrogen-bond donors (Lipinski definition) is 1. The minimum Gasteiger partial charge on any atom is -0.316 e. The fourth-order valence-corrected chi connectivity index (χ4v) is 4.86. The summed E-state index contributed by atoms with van der Waals surface area (Å²) in [6, 6.07) is 1.70. The van der Waals surface area contributed by atoms with Crippen LogP contribution in [0.25, 0.3) is 0 Å². The predicted octanol–water partition coefficient (Wildman–Crippen LogP) is 2.35. The summed E-state index contributed by atoms with van der Waals surface area (Å²) in [5.41, 5.74) is 0. The first-order valence-corrected chi connectivity index (χ1v) is 7.61. The largest absolute Gasteiger partial charge is 0.316 e. The fourth-order valence-electron chi connectivity index (χ4n) is 4.86. The van der Waals surface area contributed by atoms with Gasteiger partial charge in [0.25, 0.3) is 0 Å². The van der Waals surface area contributed by atoms with Crippen LogP contribution in [0.5, 0.6) is 0 Å². The predicted molar refractivity (Wildman–Crippen MR) is 72.0 cm³/mol. The average molecular weight is 236 g/mol. The van der Waals surface area contributed by atoms with E-state index >= 15 is 0 Å².